The maximum Gasteiger partial charge on any atom is 0.193 e. The molecule has 5 nitrogen and oxygen atoms in total. The van der Waals surface area contributed by atoms with Gasteiger partial charge in [0.2, 0.25) is 0 Å². The number of methoxy groups -OCH3 is 1. The SMILES string of the molecule is COc1ccc(-c2nnc(S[C@H](C)C#N)n2C2CCCCC2)cc1. The maximum absolute atomic E-state index is 9.14. The Bertz CT molecular complexity index is 714. The van der Waals surface area contributed by atoms with Gasteiger partial charge >= 0.3 is 0 Å². The number of ether oxygens (including phenoxy) is 1. The Balaban J connectivity index is 1.99. The fourth-order valence-electron chi connectivity index (χ4n) is 3.15. The lowest BCUT2D eigenvalue weighted by molar-refractivity contribution is 0.339. The number of aromatic nitrogens is 3. The average Bonchev–Trinajstić information content (AvgIpc) is 3.05. The lowest BCUT2D eigenvalue weighted by Crippen LogP contribution is -2.15. The Hall–Kier alpha value is -2.00. The quantitative estimate of drug-likeness (QED) is 0.751. The molecule has 1 atom stereocenters. The van der Waals surface area contributed by atoms with Crippen LogP contribution in [0.5, 0.6) is 5.75 Å². The third-order valence-corrected chi connectivity index (χ3v) is 5.36. The smallest absolute Gasteiger partial charge is 0.193 e. The first kappa shape index (κ1) is 16.8. The van der Waals surface area contributed by atoms with Crippen molar-refractivity contribution in [3.05, 3.63) is 24.3 Å². The first-order chi connectivity index (χ1) is 11.7. The number of hydrogen-bond acceptors (Lipinski definition) is 5. The van der Waals surface area contributed by atoms with Crippen LogP contribution >= 0.6 is 11.8 Å². The zero-order chi connectivity index (χ0) is 16.9. The minimum Gasteiger partial charge on any atom is -0.497 e. The summed E-state index contributed by atoms with van der Waals surface area (Å²) in [4.78, 5) is 0. The molecule has 24 heavy (non-hydrogen) atoms. The molecule has 1 saturated carbocycles. The largest absolute Gasteiger partial charge is 0.497 e. The summed E-state index contributed by atoms with van der Waals surface area (Å²) in [6.45, 7) is 1.90. The normalized spacial score (nSPS) is 16.5. The van der Waals surface area contributed by atoms with Gasteiger partial charge in [0.1, 0.15) is 5.75 Å². The van der Waals surface area contributed by atoms with Crippen LogP contribution in [-0.2, 0) is 0 Å². The Kier molecular flexibility index (Phi) is 5.41. The highest BCUT2D eigenvalue weighted by Crippen LogP contribution is 2.36. The van der Waals surface area contributed by atoms with Crippen LogP contribution in [0.3, 0.4) is 0 Å². The van der Waals surface area contributed by atoms with Gasteiger partial charge in [0, 0.05) is 11.6 Å². The zero-order valence-electron chi connectivity index (χ0n) is 14.1. The molecule has 1 aliphatic carbocycles. The van der Waals surface area contributed by atoms with E-state index in [1.54, 1.807) is 7.11 Å². The van der Waals surface area contributed by atoms with Crippen molar-refractivity contribution in [3.63, 3.8) is 0 Å². The molecule has 0 bridgehead atoms. The van der Waals surface area contributed by atoms with Crippen molar-refractivity contribution < 1.29 is 4.74 Å². The summed E-state index contributed by atoms with van der Waals surface area (Å²) in [7, 11) is 1.66. The standard InChI is InChI=1S/C18H22N4OS/c1-13(12-19)24-18-21-20-17(14-8-10-16(23-2)11-9-14)22(18)15-6-4-3-5-7-15/h8-11,13,15H,3-7H2,1-2H3/t13-/m1/s1. The number of hydrogen-bond donors (Lipinski definition) is 0. The van der Waals surface area contributed by atoms with Crippen molar-refractivity contribution in [1.29, 1.82) is 5.26 Å². The van der Waals surface area contributed by atoms with Crippen LogP contribution in [0.2, 0.25) is 0 Å². The summed E-state index contributed by atoms with van der Waals surface area (Å²) in [6, 6.07) is 10.6. The van der Waals surface area contributed by atoms with E-state index in [1.165, 1.54) is 31.0 Å². The van der Waals surface area contributed by atoms with E-state index in [4.69, 9.17) is 10.00 Å². The second-order valence-electron chi connectivity index (χ2n) is 6.09. The molecular weight excluding hydrogens is 320 g/mol. The molecule has 0 spiro atoms. The first-order valence-corrected chi connectivity index (χ1v) is 9.26. The molecule has 1 aliphatic rings. The van der Waals surface area contributed by atoms with Crippen molar-refractivity contribution in [3.8, 4) is 23.2 Å². The molecular formula is C18H22N4OS. The number of nitrogens with zero attached hydrogens (tertiary/aromatic N) is 4. The molecule has 126 valence electrons. The molecule has 6 heteroatoms. The van der Waals surface area contributed by atoms with E-state index >= 15 is 0 Å². The second kappa shape index (κ2) is 7.71. The Labute approximate surface area is 147 Å². The summed E-state index contributed by atoms with van der Waals surface area (Å²) in [5.41, 5.74) is 1.03. The van der Waals surface area contributed by atoms with Crippen LogP contribution < -0.4 is 4.74 Å². The lowest BCUT2D eigenvalue weighted by atomic mass is 9.95. The number of thioether (sulfide) groups is 1. The van der Waals surface area contributed by atoms with Crippen molar-refractivity contribution in [2.45, 2.75) is 55.5 Å². The van der Waals surface area contributed by atoms with Crippen molar-refractivity contribution >= 4 is 11.8 Å². The minimum atomic E-state index is -0.139. The van der Waals surface area contributed by atoms with Crippen LogP contribution in [0.25, 0.3) is 11.4 Å². The van der Waals surface area contributed by atoms with Gasteiger partial charge in [-0.1, -0.05) is 31.0 Å². The maximum atomic E-state index is 9.14. The zero-order valence-corrected chi connectivity index (χ0v) is 14.9. The van der Waals surface area contributed by atoms with Crippen molar-refractivity contribution in [2.24, 2.45) is 0 Å². The van der Waals surface area contributed by atoms with Crippen LogP contribution in [0.1, 0.15) is 45.1 Å². The van der Waals surface area contributed by atoms with E-state index in [-0.39, 0.29) is 5.25 Å². The summed E-state index contributed by atoms with van der Waals surface area (Å²) in [5.74, 6) is 1.72. The van der Waals surface area contributed by atoms with E-state index in [0.29, 0.717) is 6.04 Å². The van der Waals surface area contributed by atoms with E-state index in [0.717, 1.165) is 35.1 Å². The number of benzene rings is 1. The predicted molar refractivity (Wildman–Crippen MR) is 95.1 cm³/mol. The van der Waals surface area contributed by atoms with Gasteiger partial charge in [-0.05, 0) is 44.0 Å². The average molecular weight is 342 g/mol. The highest BCUT2D eigenvalue weighted by Gasteiger charge is 2.24. The molecule has 0 aliphatic heterocycles. The summed E-state index contributed by atoms with van der Waals surface area (Å²) >= 11 is 1.49. The van der Waals surface area contributed by atoms with E-state index in [1.807, 2.05) is 31.2 Å². The van der Waals surface area contributed by atoms with Gasteiger partial charge in [0.25, 0.3) is 0 Å². The van der Waals surface area contributed by atoms with Crippen LogP contribution in [0.4, 0.5) is 0 Å². The molecule has 1 aromatic heterocycles. The molecule has 1 aromatic carbocycles. The molecule has 0 unspecified atom stereocenters. The van der Waals surface area contributed by atoms with Crippen LogP contribution in [0, 0.1) is 11.3 Å². The molecule has 0 saturated heterocycles. The number of rotatable bonds is 5. The van der Waals surface area contributed by atoms with Gasteiger partial charge in [-0.25, -0.2) is 0 Å². The highest BCUT2D eigenvalue weighted by molar-refractivity contribution is 8.00. The Morgan fingerprint density at radius 1 is 1.21 bits per heavy atom. The Morgan fingerprint density at radius 3 is 2.54 bits per heavy atom. The minimum absolute atomic E-state index is 0.139. The van der Waals surface area contributed by atoms with Crippen LogP contribution in [-0.4, -0.2) is 27.1 Å². The third-order valence-electron chi connectivity index (χ3n) is 4.42. The number of nitriles is 1. The molecule has 2 aromatic rings. The summed E-state index contributed by atoms with van der Waals surface area (Å²) in [5, 5.41) is 18.7. The van der Waals surface area contributed by atoms with Gasteiger partial charge in [-0.15, -0.1) is 10.2 Å². The summed E-state index contributed by atoms with van der Waals surface area (Å²) < 4.78 is 7.49. The fourth-order valence-corrected chi connectivity index (χ4v) is 3.95. The molecule has 0 radical (unpaired) electrons. The fraction of sp³-hybridized carbons (Fsp3) is 0.500. The van der Waals surface area contributed by atoms with Crippen molar-refractivity contribution in [1.82, 2.24) is 14.8 Å². The van der Waals surface area contributed by atoms with Crippen molar-refractivity contribution in [2.75, 3.05) is 7.11 Å². The van der Waals surface area contributed by atoms with Crippen LogP contribution in [0.15, 0.2) is 29.4 Å². The van der Waals surface area contributed by atoms with Gasteiger partial charge in [0.15, 0.2) is 11.0 Å². The van der Waals surface area contributed by atoms with Gasteiger partial charge in [0.05, 0.1) is 18.4 Å². The summed E-state index contributed by atoms with van der Waals surface area (Å²) in [6.07, 6.45) is 6.07. The van der Waals surface area contributed by atoms with E-state index in [9.17, 15) is 0 Å². The monoisotopic (exact) mass is 342 g/mol. The predicted octanol–water partition coefficient (Wildman–Crippen LogP) is 4.46. The molecule has 0 amide bonds. The molecule has 1 heterocycles. The van der Waals surface area contributed by atoms with Gasteiger partial charge in [-0.3, -0.25) is 4.57 Å². The molecule has 0 N–H and O–H groups in total. The molecule has 1 fully saturated rings. The molecule has 3 rings (SSSR count). The van der Waals surface area contributed by atoms with Gasteiger partial charge in [-0.2, -0.15) is 5.26 Å². The third kappa shape index (κ3) is 3.57. The van der Waals surface area contributed by atoms with Gasteiger partial charge < -0.3 is 4.74 Å². The highest BCUT2D eigenvalue weighted by atomic mass is 32.2. The van der Waals surface area contributed by atoms with E-state index in [2.05, 4.69) is 20.8 Å². The topological polar surface area (TPSA) is 63.7 Å². The lowest BCUT2D eigenvalue weighted by Gasteiger charge is -2.25. The van der Waals surface area contributed by atoms with E-state index < -0.39 is 0 Å². The first-order valence-electron chi connectivity index (χ1n) is 8.38. The second-order valence-corrected chi connectivity index (χ2v) is 7.39. The Morgan fingerprint density at radius 2 is 1.92 bits per heavy atom.